The summed E-state index contributed by atoms with van der Waals surface area (Å²) in [6, 6.07) is 16.5. The molecular weight excluding hydrogens is 374 g/mol. The number of hydrogen-bond acceptors (Lipinski definition) is 4. The molecule has 0 unspecified atom stereocenters. The van der Waals surface area contributed by atoms with E-state index in [-0.39, 0.29) is 13.1 Å². The largest absolute Gasteiger partial charge is 0.272 e. The summed E-state index contributed by atoms with van der Waals surface area (Å²) in [5, 5.41) is 4.39. The molecule has 0 fully saturated rings. The number of nitrogens with one attached hydrogen (secondary N) is 1. The summed E-state index contributed by atoms with van der Waals surface area (Å²) in [5.41, 5.74) is 4.06. The van der Waals surface area contributed by atoms with E-state index < -0.39 is 15.9 Å². The highest BCUT2D eigenvalue weighted by Crippen LogP contribution is 2.08. The highest BCUT2D eigenvalue weighted by atomic mass is 35.5. The second-order valence-electron chi connectivity index (χ2n) is 5.68. The highest BCUT2D eigenvalue weighted by Gasteiger charge is 2.19. The maximum absolute atomic E-state index is 12.0. The summed E-state index contributed by atoms with van der Waals surface area (Å²) >= 11 is 5.87. The number of carbonyl (C=O) groups excluding carboxylic acids is 1. The Bertz CT molecular complexity index is 870. The zero-order valence-electron chi connectivity index (χ0n) is 14.3. The zero-order chi connectivity index (χ0) is 19.0. The van der Waals surface area contributed by atoms with Gasteiger partial charge in [-0.15, -0.1) is 0 Å². The summed E-state index contributed by atoms with van der Waals surface area (Å²) < 4.78 is 25.0. The molecule has 6 nitrogen and oxygen atoms in total. The van der Waals surface area contributed by atoms with Crippen molar-refractivity contribution in [3.63, 3.8) is 0 Å². The lowest BCUT2D eigenvalue weighted by atomic mass is 10.1. The summed E-state index contributed by atoms with van der Waals surface area (Å²) in [6.45, 7) is -0.0766. The molecular formula is C18H20ClN3O3S. The third-order valence-electron chi connectivity index (χ3n) is 3.53. The van der Waals surface area contributed by atoms with Gasteiger partial charge < -0.3 is 0 Å². The number of hydrogen-bond donors (Lipinski definition) is 1. The monoisotopic (exact) mass is 393 g/mol. The van der Waals surface area contributed by atoms with Gasteiger partial charge in [0.15, 0.2) is 0 Å². The van der Waals surface area contributed by atoms with Gasteiger partial charge in [0.05, 0.1) is 19.0 Å². The van der Waals surface area contributed by atoms with Crippen molar-refractivity contribution < 1.29 is 13.2 Å². The normalized spacial score (nSPS) is 11.8. The molecule has 0 radical (unpaired) electrons. The second-order valence-corrected chi connectivity index (χ2v) is 8.10. The van der Waals surface area contributed by atoms with Crippen molar-refractivity contribution in [3.8, 4) is 0 Å². The maximum Gasteiger partial charge on any atom is 0.255 e. The van der Waals surface area contributed by atoms with E-state index in [9.17, 15) is 13.2 Å². The Balaban J connectivity index is 1.91. The quantitative estimate of drug-likeness (QED) is 0.552. The average Bonchev–Trinajstić information content (AvgIpc) is 2.58. The first kappa shape index (κ1) is 20.1. The number of halogens is 1. The van der Waals surface area contributed by atoms with E-state index in [0.717, 1.165) is 21.7 Å². The number of carbonyl (C=O) groups is 1. The van der Waals surface area contributed by atoms with Crippen molar-refractivity contribution in [3.05, 3.63) is 70.7 Å². The molecule has 0 saturated carbocycles. The van der Waals surface area contributed by atoms with Gasteiger partial charge in [-0.2, -0.15) is 9.41 Å². The highest BCUT2D eigenvalue weighted by molar-refractivity contribution is 7.88. The van der Waals surface area contributed by atoms with Crippen LogP contribution in [-0.2, 0) is 21.2 Å². The third-order valence-corrected chi connectivity index (χ3v) is 5.02. The molecule has 138 valence electrons. The Hall–Kier alpha value is -2.22. The molecule has 2 aromatic carbocycles. The van der Waals surface area contributed by atoms with Gasteiger partial charge in [-0.3, -0.25) is 4.79 Å². The minimum absolute atomic E-state index is 0.217. The molecule has 1 N–H and O–H groups in total. The predicted octanol–water partition coefficient (Wildman–Crippen LogP) is 2.29. The van der Waals surface area contributed by atoms with Crippen LogP contribution in [0, 0.1) is 0 Å². The van der Waals surface area contributed by atoms with Crippen molar-refractivity contribution in [1.29, 1.82) is 0 Å². The molecule has 0 saturated heterocycles. The van der Waals surface area contributed by atoms with Crippen LogP contribution >= 0.6 is 11.6 Å². The fourth-order valence-electron chi connectivity index (χ4n) is 2.22. The summed E-state index contributed by atoms with van der Waals surface area (Å²) in [4.78, 5) is 12.0. The predicted molar refractivity (Wildman–Crippen MR) is 104 cm³/mol. The van der Waals surface area contributed by atoms with Crippen LogP contribution in [0.1, 0.15) is 11.1 Å². The third kappa shape index (κ3) is 6.95. The van der Waals surface area contributed by atoms with E-state index in [1.54, 1.807) is 24.3 Å². The van der Waals surface area contributed by atoms with Crippen molar-refractivity contribution >= 4 is 33.7 Å². The van der Waals surface area contributed by atoms with Gasteiger partial charge in [-0.1, -0.05) is 54.1 Å². The van der Waals surface area contributed by atoms with Gasteiger partial charge >= 0.3 is 0 Å². The van der Waals surface area contributed by atoms with Crippen molar-refractivity contribution in [1.82, 2.24) is 9.73 Å². The average molecular weight is 394 g/mol. The first-order chi connectivity index (χ1) is 12.3. The van der Waals surface area contributed by atoms with Crippen LogP contribution < -0.4 is 5.43 Å². The second kappa shape index (κ2) is 9.47. The number of hydrazone groups is 1. The van der Waals surface area contributed by atoms with Gasteiger partial charge in [0.25, 0.3) is 5.91 Å². The lowest BCUT2D eigenvalue weighted by Gasteiger charge is -2.18. The molecule has 26 heavy (non-hydrogen) atoms. The van der Waals surface area contributed by atoms with Gasteiger partial charge in [0.1, 0.15) is 0 Å². The maximum atomic E-state index is 12.0. The number of sulfonamides is 1. The smallest absolute Gasteiger partial charge is 0.255 e. The van der Waals surface area contributed by atoms with E-state index in [1.807, 2.05) is 30.3 Å². The fourth-order valence-corrected chi connectivity index (χ4v) is 3.20. The van der Waals surface area contributed by atoms with E-state index in [4.69, 9.17) is 11.6 Å². The van der Waals surface area contributed by atoms with E-state index >= 15 is 0 Å². The lowest BCUT2D eigenvalue weighted by Crippen LogP contribution is -2.40. The molecule has 0 heterocycles. The molecule has 0 aliphatic heterocycles. The summed E-state index contributed by atoms with van der Waals surface area (Å²) in [7, 11) is -3.51. The van der Waals surface area contributed by atoms with E-state index in [1.165, 1.54) is 6.21 Å². The Morgan fingerprint density at radius 2 is 1.92 bits per heavy atom. The molecule has 2 aromatic rings. The summed E-state index contributed by atoms with van der Waals surface area (Å²) in [5.74, 6) is -0.512. The molecule has 2 rings (SSSR count). The minimum Gasteiger partial charge on any atom is -0.272 e. The molecule has 0 bridgehead atoms. The van der Waals surface area contributed by atoms with E-state index in [2.05, 4.69) is 10.5 Å². The number of rotatable bonds is 8. The van der Waals surface area contributed by atoms with Gasteiger partial charge in [-0.05, 0) is 29.7 Å². The number of amides is 1. The SMILES string of the molecule is CS(=O)(=O)N(CCc1ccccc1)CC(=O)N/N=C/c1cccc(Cl)c1. The van der Waals surface area contributed by atoms with Crippen molar-refractivity contribution in [2.45, 2.75) is 6.42 Å². The molecule has 0 aliphatic rings. The van der Waals surface area contributed by atoms with Crippen molar-refractivity contribution in [2.75, 3.05) is 19.3 Å². The number of nitrogens with zero attached hydrogens (tertiary/aromatic N) is 2. The van der Waals surface area contributed by atoms with Crippen LogP contribution in [0.5, 0.6) is 0 Å². The van der Waals surface area contributed by atoms with Gasteiger partial charge in [0.2, 0.25) is 10.0 Å². The molecule has 8 heteroatoms. The van der Waals surface area contributed by atoms with Gasteiger partial charge in [-0.25, -0.2) is 13.8 Å². The molecule has 0 atom stereocenters. The Morgan fingerprint density at radius 1 is 1.19 bits per heavy atom. The standard InChI is InChI=1S/C18H20ClN3O3S/c1-26(24,25)22(11-10-15-6-3-2-4-7-15)14-18(23)21-20-13-16-8-5-9-17(19)12-16/h2-9,12-13H,10-11,14H2,1H3,(H,21,23)/b20-13+. The summed E-state index contributed by atoms with van der Waals surface area (Å²) in [6.07, 6.45) is 3.05. The Labute approximate surface area is 158 Å². The Morgan fingerprint density at radius 3 is 2.58 bits per heavy atom. The van der Waals surface area contributed by atoms with Crippen LogP contribution in [-0.4, -0.2) is 44.2 Å². The van der Waals surface area contributed by atoms with E-state index in [0.29, 0.717) is 11.4 Å². The minimum atomic E-state index is -3.51. The first-order valence-corrected chi connectivity index (χ1v) is 10.1. The van der Waals surface area contributed by atoms with Crippen LogP contribution in [0.2, 0.25) is 5.02 Å². The van der Waals surface area contributed by atoms with Crippen LogP contribution in [0.15, 0.2) is 59.7 Å². The van der Waals surface area contributed by atoms with Gasteiger partial charge in [0, 0.05) is 11.6 Å². The lowest BCUT2D eigenvalue weighted by molar-refractivity contribution is -0.121. The van der Waals surface area contributed by atoms with Crippen LogP contribution in [0.25, 0.3) is 0 Å². The van der Waals surface area contributed by atoms with Crippen molar-refractivity contribution in [2.24, 2.45) is 5.10 Å². The molecule has 0 spiro atoms. The molecule has 0 aliphatic carbocycles. The number of benzene rings is 2. The first-order valence-electron chi connectivity index (χ1n) is 7.91. The zero-order valence-corrected chi connectivity index (χ0v) is 15.9. The molecule has 1 amide bonds. The Kier molecular flexibility index (Phi) is 7.32. The molecule has 0 aromatic heterocycles. The van der Waals surface area contributed by atoms with Crippen LogP contribution in [0.4, 0.5) is 0 Å². The topological polar surface area (TPSA) is 78.8 Å². The fraction of sp³-hybridized carbons (Fsp3) is 0.222. The van der Waals surface area contributed by atoms with Crippen LogP contribution in [0.3, 0.4) is 0 Å².